The molecule has 1 amide bonds. The molecule has 1 heterocycles. The van der Waals surface area contributed by atoms with Gasteiger partial charge in [0.2, 0.25) is 6.10 Å². The van der Waals surface area contributed by atoms with Crippen LogP contribution in [0.5, 0.6) is 0 Å². The van der Waals surface area contributed by atoms with E-state index in [1.54, 1.807) is 51.1 Å². The predicted molar refractivity (Wildman–Crippen MR) is 131 cm³/mol. The lowest BCUT2D eigenvalue weighted by atomic mass is 9.76. The van der Waals surface area contributed by atoms with Crippen molar-refractivity contribution in [1.82, 2.24) is 5.32 Å². The Hall–Kier alpha value is -3.19. The maximum atomic E-state index is 13.2. The zero-order valence-electron chi connectivity index (χ0n) is 21.4. The molecule has 0 saturated carbocycles. The topological polar surface area (TPSA) is 120 Å². The van der Waals surface area contributed by atoms with E-state index in [0.29, 0.717) is 5.57 Å². The van der Waals surface area contributed by atoms with Crippen LogP contribution in [0.1, 0.15) is 50.9 Å². The molecule has 1 aromatic rings. The third-order valence-electron chi connectivity index (χ3n) is 6.06. The smallest absolute Gasteiger partial charge is 0.339 e. The minimum Gasteiger partial charge on any atom is -0.462 e. The molecule has 2 rings (SSSR count). The number of esters is 2. The van der Waals surface area contributed by atoms with Gasteiger partial charge in [0.1, 0.15) is 24.4 Å². The molecule has 196 valence electrons. The second-order valence-corrected chi connectivity index (χ2v) is 9.46. The van der Waals surface area contributed by atoms with Crippen molar-refractivity contribution in [2.24, 2.45) is 5.41 Å². The molecular weight excluding hydrogens is 466 g/mol. The number of aliphatic hydroxyl groups excluding tert-OH is 1. The van der Waals surface area contributed by atoms with Crippen LogP contribution >= 0.6 is 0 Å². The molecule has 1 aliphatic rings. The lowest BCUT2D eigenvalue weighted by Gasteiger charge is -2.46. The van der Waals surface area contributed by atoms with Crippen molar-refractivity contribution in [3.63, 3.8) is 0 Å². The summed E-state index contributed by atoms with van der Waals surface area (Å²) in [4.78, 5) is 37.6. The highest BCUT2D eigenvalue weighted by Gasteiger charge is 2.48. The van der Waals surface area contributed by atoms with E-state index in [4.69, 9.17) is 25.4 Å². The highest BCUT2D eigenvalue weighted by molar-refractivity contribution is 5.92. The summed E-state index contributed by atoms with van der Waals surface area (Å²) in [5, 5.41) is 13.3. The van der Waals surface area contributed by atoms with Crippen LogP contribution in [0.2, 0.25) is 0 Å². The number of benzene rings is 1. The summed E-state index contributed by atoms with van der Waals surface area (Å²) in [6.07, 6.45) is -0.302. The Kier molecular flexibility index (Phi) is 10.2. The molecule has 0 aliphatic carbocycles. The molecule has 0 spiro atoms. The van der Waals surface area contributed by atoms with Crippen LogP contribution in [0.25, 0.3) is 0 Å². The van der Waals surface area contributed by atoms with E-state index in [1.165, 1.54) is 14.0 Å². The molecule has 9 heteroatoms. The zero-order chi connectivity index (χ0) is 27.0. The summed E-state index contributed by atoms with van der Waals surface area (Å²) in [6, 6.07) is 8.19. The Morgan fingerprint density at radius 1 is 1.28 bits per heavy atom. The maximum Gasteiger partial charge on any atom is 0.339 e. The van der Waals surface area contributed by atoms with Crippen LogP contribution in [0.15, 0.2) is 42.5 Å². The van der Waals surface area contributed by atoms with Crippen molar-refractivity contribution in [3.8, 4) is 12.3 Å². The standard InChI is InChI=1S/C27H35NO8/c1-8-21-27(5,6)22(34-17(4)29)15-20(35-21)24(30)28-25(31)23(19(33-7)14-16(2)3)36-26(32)18-12-10-9-11-13-18/h1,9-13,19-24,30H,2,14-15H2,3-7H3,(H,28,31)/t19-,20-,21+,22+,23-,24?/m0/s1. The van der Waals surface area contributed by atoms with Gasteiger partial charge in [0.15, 0.2) is 6.23 Å². The van der Waals surface area contributed by atoms with Gasteiger partial charge >= 0.3 is 11.9 Å². The number of amides is 1. The molecule has 1 saturated heterocycles. The van der Waals surface area contributed by atoms with E-state index >= 15 is 0 Å². The number of aliphatic hydroxyl groups is 1. The van der Waals surface area contributed by atoms with Crippen LogP contribution in [0.3, 0.4) is 0 Å². The quantitative estimate of drug-likeness (QED) is 0.217. The largest absolute Gasteiger partial charge is 0.462 e. The Morgan fingerprint density at radius 3 is 2.44 bits per heavy atom. The van der Waals surface area contributed by atoms with Gasteiger partial charge in [-0.1, -0.05) is 43.5 Å². The van der Waals surface area contributed by atoms with Gasteiger partial charge in [-0.05, 0) is 25.5 Å². The minimum absolute atomic E-state index is 0.0835. The summed E-state index contributed by atoms with van der Waals surface area (Å²) >= 11 is 0. The van der Waals surface area contributed by atoms with Gasteiger partial charge in [0, 0.05) is 25.9 Å². The highest BCUT2D eigenvalue weighted by Crippen LogP contribution is 2.39. The fraction of sp³-hybridized carbons (Fsp3) is 0.519. The third kappa shape index (κ3) is 7.40. The van der Waals surface area contributed by atoms with Crippen molar-refractivity contribution in [1.29, 1.82) is 0 Å². The molecule has 2 N–H and O–H groups in total. The van der Waals surface area contributed by atoms with E-state index in [1.807, 2.05) is 0 Å². The summed E-state index contributed by atoms with van der Waals surface area (Å²) in [5.41, 5.74) is 0.228. The summed E-state index contributed by atoms with van der Waals surface area (Å²) in [7, 11) is 1.38. The van der Waals surface area contributed by atoms with E-state index in [-0.39, 0.29) is 18.4 Å². The monoisotopic (exact) mass is 501 g/mol. The van der Waals surface area contributed by atoms with Gasteiger partial charge in [-0.25, -0.2) is 4.79 Å². The molecule has 0 aromatic heterocycles. The van der Waals surface area contributed by atoms with Crippen molar-refractivity contribution in [3.05, 3.63) is 48.0 Å². The second-order valence-electron chi connectivity index (χ2n) is 9.46. The van der Waals surface area contributed by atoms with E-state index in [0.717, 1.165) is 0 Å². The number of carbonyl (C=O) groups is 3. The minimum atomic E-state index is -1.54. The number of ether oxygens (including phenoxy) is 4. The maximum absolute atomic E-state index is 13.2. The molecule has 9 nitrogen and oxygen atoms in total. The first kappa shape index (κ1) is 29.0. The Morgan fingerprint density at radius 2 is 1.92 bits per heavy atom. The first-order chi connectivity index (χ1) is 16.9. The molecule has 1 unspecified atom stereocenters. The average Bonchev–Trinajstić information content (AvgIpc) is 2.82. The number of hydrogen-bond acceptors (Lipinski definition) is 8. The van der Waals surface area contributed by atoms with Crippen molar-refractivity contribution >= 4 is 17.8 Å². The van der Waals surface area contributed by atoms with Gasteiger partial charge in [-0.15, -0.1) is 13.0 Å². The molecular formula is C27H35NO8. The summed E-state index contributed by atoms with van der Waals surface area (Å²) < 4.78 is 22.3. The van der Waals surface area contributed by atoms with Crippen LogP contribution in [-0.2, 0) is 28.5 Å². The summed E-state index contributed by atoms with van der Waals surface area (Å²) in [6.45, 7) is 10.5. The van der Waals surface area contributed by atoms with E-state index in [9.17, 15) is 19.5 Å². The fourth-order valence-corrected chi connectivity index (χ4v) is 3.98. The average molecular weight is 502 g/mol. The third-order valence-corrected chi connectivity index (χ3v) is 6.06. The molecule has 1 aromatic carbocycles. The van der Waals surface area contributed by atoms with Crippen LogP contribution in [0.4, 0.5) is 0 Å². The molecule has 0 radical (unpaired) electrons. The van der Waals surface area contributed by atoms with E-state index < -0.39 is 60.0 Å². The van der Waals surface area contributed by atoms with Crippen molar-refractivity contribution in [2.45, 2.75) is 77.3 Å². The first-order valence-corrected chi connectivity index (χ1v) is 11.6. The Bertz CT molecular complexity index is 983. The number of carbonyl (C=O) groups excluding carboxylic acids is 3. The highest BCUT2D eigenvalue weighted by atomic mass is 16.6. The van der Waals surface area contributed by atoms with Crippen LogP contribution in [0, 0.1) is 17.8 Å². The molecule has 36 heavy (non-hydrogen) atoms. The van der Waals surface area contributed by atoms with Crippen molar-refractivity contribution in [2.75, 3.05) is 7.11 Å². The number of nitrogens with one attached hydrogen (secondary N) is 1. The van der Waals surface area contributed by atoms with Gasteiger partial charge in [-0.2, -0.15) is 0 Å². The first-order valence-electron chi connectivity index (χ1n) is 11.6. The fourth-order valence-electron chi connectivity index (χ4n) is 3.98. The second kappa shape index (κ2) is 12.7. The van der Waals surface area contributed by atoms with Crippen LogP contribution < -0.4 is 5.32 Å². The Balaban J connectivity index is 2.23. The SMILES string of the molecule is C#C[C@H]1O[C@H](C(O)NC(=O)[C@@H](OC(=O)c2ccccc2)[C@H](CC(=C)C)OC)C[C@@H](OC(C)=O)C1(C)C. The number of rotatable bonds is 10. The number of terminal acetylenes is 1. The van der Waals surface area contributed by atoms with Gasteiger partial charge in [0.05, 0.1) is 5.56 Å². The molecule has 1 aliphatic heterocycles. The van der Waals surface area contributed by atoms with Gasteiger partial charge in [-0.3, -0.25) is 9.59 Å². The van der Waals surface area contributed by atoms with Crippen molar-refractivity contribution < 1.29 is 38.4 Å². The summed E-state index contributed by atoms with van der Waals surface area (Å²) in [5.74, 6) is 0.488. The van der Waals surface area contributed by atoms with Crippen LogP contribution in [-0.4, -0.2) is 66.8 Å². The molecule has 6 atom stereocenters. The number of hydrogen-bond donors (Lipinski definition) is 2. The molecule has 0 bridgehead atoms. The zero-order valence-corrected chi connectivity index (χ0v) is 21.4. The number of methoxy groups -OCH3 is 1. The Labute approximate surface area is 212 Å². The molecule has 1 fully saturated rings. The van der Waals surface area contributed by atoms with Gasteiger partial charge < -0.3 is 29.4 Å². The lowest BCUT2D eigenvalue weighted by molar-refractivity contribution is -0.202. The lowest BCUT2D eigenvalue weighted by Crippen LogP contribution is -2.58. The normalized spacial score (nSPS) is 23.3. The predicted octanol–water partition coefficient (Wildman–Crippen LogP) is 2.38. The van der Waals surface area contributed by atoms with Gasteiger partial charge in [0.25, 0.3) is 5.91 Å². The van der Waals surface area contributed by atoms with E-state index in [2.05, 4.69) is 17.8 Å².